The van der Waals surface area contributed by atoms with Crippen molar-refractivity contribution in [2.45, 2.75) is 25.9 Å². The Balaban J connectivity index is 1.32. The second-order valence-corrected chi connectivity index (χ2v) is 9.55. The second kappa shape index (κ2) is 11.7. The van der Waals surface area contributed by atoms with E-state index in [9.17, 15) is 14.0 Å². The molecule has 194 valence electrons. The molecule has 0 saturated carbocycles. The van der Waals surface area contributed by atoms with E-state index in [1.165, 1.54) is 17.7 Å². The van der Waals surface area contributed by atoms with Crippen LogP contribution in [0, 0.1) is 5.82 Å². The molecule has 0 bridgehead atoms. The highest BCUT2D eigenvalue weighted by atomic mass is 19.1. The molecule has 0 saturated heterocycles. The normalized spacial score (nSPS) is 14.7. The fourth-order valence-electron chi connectivity index (χ4n) is 4.71. The molecule has 0 fully saturated rings. The van der Waals surface area contributed by atoms with Gasteiger partial charge in [-0.2, -0.15) is 0 Å². The van der Waals surface area contributed by atoms with Gasteiger partial charge in [-0.1, -0.05) is 78.4 Å². The number of benzene rings is 4. The Morgan fingerprint density at radius 2 is 1.51 bits per heavy atom. The van der Waals surface area contributed by atoms with Gasteiger partial charge >= 0.3 is 0 Å². The van der Waals surface area contributed by atoms with Crippen molar-refractivity contribution in [2.75, 3.05) is 0 Å². The molecule has 1 aliphatic carbocycles. The average Bonchev–Trinajstić information content (AvgIpc) is 2.98. The molecule has 5 heteroatoms. The van der Waals surface area contributed by atoms with Gasteiger partial charge in [-0.15, -0.1) is 0 Å². The Morgan fingerprint density at radius 3 is 2.31 bits per heavy atom. The molecule has 39 heavy (non-hydrogen) atoms. The molecular formula is C34H28FNO3. The van der Waals surface area contributed by atoms with Gasteiger partial charge in [0.15, 0.2) is 0 Å². The van der Waals surface area contributed by atoms with Crippen LogP contribution in [0.3, 0.4) is 0 Å². The molecule has 1 N–H and O–H groups in total. The quantitative estimate of drug-likeness (QED) is 0.258. The van der Waals surface area contributed by atoms with E-state index in [1.54, 1.807) is 42.5 Å². The lowest BCUT2D eigenvalue weighted by atomic mass is 9.80. The van der Waals surface area contributed by atoms with Crippen LogP contribution in [-0.2, 0) is 6.61 Å². The molecule has 0 heterocycles. The van der Waals surface area contributed by atoms with Crippen molar-refractivity contribution >= 4 is 17.4 Å². The number of carbonyl (C=O) groups is 2. The van der Waals surface area contributed by atoms with Gasteiger partial charge in [-0.3, -0.25) is 14.9 Å². The van der Waals surface area contributed by atoms with Gasteiger partial charge in [-0.25, -0.2) is 4.39 Å². The van der Waals surface area contributed by atoms with Crippen LogP contribution in [-0.4, -0.2) is 11.8 Å². The van der Waals surface area contributed by atoms with Crippen LogP contribution < -0.4 is 10.1 Å². The Bertz CT molecular complexity index is 1560. The van der Waals surface area contributed by atoms with E-state index in [4.69, 9.17) is 4.74 Å². The Kier molecular flexibility index (Phi) is 7.78. The molecule has 1 atom stereocenters. The number of hydrogen-bond acceptors (Lipinski definition) is 3. The van der Waals surface area contributed by atoms with Crippen molar-refractivity contribution in [1.29, 1.82) is 0 Å². The molecule has 4 aromatic rings. The number of rotatable bonds is 7. The molecule has 4 nitrogen and oxygen atoms in total. The average molecular weight is 518 g/mol. The lowest BCUT2D eigenvalue weighted by Crippen LogP contribution is -2.30. The van der Waals surface area contributed by atoms with E-state index in [0.29, 0.717) is 17.7 Å². The lowest BCUT2D eigenvalue weighted by molar-refractivity contribution is 0.0849. The van der Waals surface area contributed by atoms with Crippen molar-refractivity contribution in [3.05, 3.63) is 154 Å². The largest absolute Gasteiger partial charge is 0.488 e. The summed E-state index contributed by atoms with van der Waals surface area (Å²) >= 11 is 0. The summed E-state index contributed by atoms with van der Waals surface area (Å²) in [6, 6.07) is 30.3. The van der Waals surface area contributed by atoms with Crippen molar-refractivity contribution < 1.29 is 18.7 Å². The van der Waals surface area contributed by atoms with Crippen LogP contribution in [0.2, 0.25) is 0 Å². The first-order chi connectivity index (χ1) is 19.0. The van der Waals surface area contributed by atoms with Gasteiger partial charge in [0.2, 0.25) is 0 Å². The summed E-state index contributed by atoms with van der Waals surface area (Å²) in [4.78, 5) is 25.4. The summed E-state index contributed by atoms with van der Waals surface area (Å²) in [6.07, 6.45) is 4.94. The predicted molar refractivity (Wildman–Crippen MR) is 151 cm³/mol. The number of carbonyl (C=O) groups excluding carboxylic acids is 2. The maximum Gasteiger partial charge on any atom is 0.258 e. The third-order valence-corrected chi connectivity index (χ3v) is 6.88. The summed E-state index contributed by atoms with van der Waals surface area (Å²) in [5, 5.41) is 2.49. The Labute approximate surface area is 227 Å². The minimum Gasteiger partial charge on any atom is -0.488 e. The fraction of sp³-hybridized carbons (Fsp3) is 0.118. The van der Waals surface area contributed by atoms with Crippen LogP contribution >= 0.6 is 0 Å². The summed E-state index contributed by atoms with van der Waals surface area (Å²) in [5.74, 6) is -0.315. The SMILES string of the molecule is CC1=CC=C(c2ccccc2OCc2ccc(F)cc2)CC1c1cccc(C(=O)NC(=O)c2ccccc2)c1. The number of hydrogen-bond donors (Lipinski definition) is 1. The van der Waals surface area contributed by atoms with Crippen LogP contribution in [0.15, 0.2) is 121 Å². The van der Waals surface area contributed by atoms with Crippen LogP contribution in [0.1, 0.15) is 56.7 Å². The molecule has 1 unspecified atom stereocenters. The monoisotopic (exact) mass is 517 g/mol. The molecule has 1 aliphatic rings. The van der Waals surface area contributed by atoms with Crippen LogP contribution in [0.25, 0.3) is 5.57 Å². The highest BCUT2D eigenvalue weighted by Crippen LogP contribution is 2.40. The second-order valence-electron chi connectivity index (χ2n) is 9.55. The molecular weight excluding hydrogens is 489 g/mol. The van der Waals surface area contributed by atoms with E-state index in [-0.39, 0.29) is 11.7 Å². The van der Waals surface area contributed by atoms with E-state index in [1.807, 2.05) is 48.5 Å². The summed E-state index contributed by atoms with van der Waals surface area (Å²) < 4.78 is 19.4. The van der Waals surface area contributed by atoms with Crippen molar-refractivity contribution in [1.82, 2.24) is 5.32 Å². The number of para-hydroxylation sites is 1. The van der Waals surface area contributed by atoms with Gasteiger partial charge in [0.05, 0.1) is 0 Å². The zero-order valence-corrected chi connectivity index (χ0v) is 21.6. The van der Waals surface area contributed by atoms with Crippen molar-refractivity contribution in [3.8, 4) is 5.75 Å². The predicted octanol–water partition coefficient (Wildman–Crippen LogP) is 7.49. The van der Waals surface area contributed by atoms with Crippen molar-refractivity contribution in [2.24, 2.45) is 0 Å². The number of nitrogens with one attached hydrogen (secondary N) is 1. The highest BCUT2D eigenvalue weighted by Gasteiger charge is 2.22. The van der Waals surface area contributed by atoms with Gasteiger partial charge in [0.25, 0.3) is 11.8 Å². The standard InChI is InChI=1S/C34H28FNO3/c1-23-14-17-27(30-12-5-6-13-32(30)39-22-24-15-18-29(35)19-16-24)21-31(23)26-10-7-11-28(20-26)34(38)36-33(37)25-8-3-2-4-9-25/h2-20,31H,21-22H2,1H3,(H,36,37,38). The minimum atomic E-state index is -0.432. The van der Waals surface area contributed by atoms with Gasteiger partial charge < -0.3 is 4.74 Å². The van der Waals surface area contributed by atoms with E-state index >= 15 is 0 Å². The lowest BCUT2D eigenvalue weighted by Gasteiger charge is -2.25. The van der Waals surface area contributed by atoms with E-state index in [2.05, 4.69) is 24.4 Å². The summed E-state index contributed by atoms with van der Waals surface area (Å²) in [5.41, 5.74) is 6.05. The molecule has 2 amide bonds. The highest BCUT2D eigenvalue weighted by molar-refractivity contribution is 6.10. The maximum absolute atomic E-state index is 13.3. The molecule has 0 spiro atoms. The third-order valence-electron chi connectivity index (χ3n) is 6.88. The maximum atomic E-state index is 13.3. The first-order valence-corrected chi connectivity index (χ1v) is 12.8. The summed E-state index contributed by atoms with van der Waals surface area (Å²) in [6.45, 7) is 2.42. The van der Waals surface area contributed by atoms with Gasteiger partial charge in [0, 0.05) is 22.6 Å². The smallest absolute Gasteiger partial charge is 0.258 e. The molecule has 5 rings (SSSR count). The van der Waals surface area contributed by atoms with E-state index in [0.717, 1.165) is 34.4 Å². The topological polar surface area (TPSA) is 55.4 Å². The molecule has 0 aromatic heterocycles. The molecule has 0 aliphatic heterocycles. The van der Waals surface area contributed by atoms with Crippen LogP contribution in [0.4, 0.5) is 4.39 Å². The number of allylic oxidation sites excluding steroid dienone is 4. The molecule has 0 radical (unpaired) electrons. The number of imide groups is 1. The number of ether oxygens (including phenoxy) is 1. The number of amides is 2. The van der Waals surface area contributed by atoms with Crippen molar-refractivity contribution in [3.63, 3.8) is 0 Å². The first kappa shape index (κ1) is 25.9. The number of halogens is 1. The Morgan fingerprint density at radius 1 is 0.821 bits per heavy atom. The zero-order chi connectivity index (χ0) is 27.2. The minimum absolute atomic E-state index is 0.0627. The van der Waals surface area contributed by atoms with Gasteiger partial charge in [0.1, 0.15) is 18.2 Å². The van der Waals surface area contributed by atoms with Gasteiger partial charge in [-0.05, 0) is 72.5 Å². The summed E-state index contributed by atoms with van der Waals surface area (Å²) in [7, 11) is 0. The third kappa shape index (κ3) is 6.21. The fourth-order valence-corrected chi connectivity index (χ4v) is 4.71. The Hall–Kier alpha value is -4.77. The van der Waals surface area contributed by atoms with E-state index < -0.39 is 11.8 Å². The molecule has 4 aromatic carbocycles. The first-order valence-electron chi connectivity index (χ1n) is 12.8. The van der Waals surface area contributed by atoms with Crippen LogP contribution in [0.5, 0.6) is 5.75 Å². The zero-order valence-electron chi connectivity index (χ0n) is 21.6.